The topological polar surface area (TPSA) is 61.6 Å². The number of aliphatic imine (C=N–C) groups is 1. The van der Waals surface area contributed by atoms with Crippen molar-refractivity contribution in [3.05, 3.63) is 47.5 Å². The highest BCUT2D eigenvalue weighted by atomic mass is 127. The summed E-state index contributed by atoms with van der Waals surface area (Å²) < 4.78 is 2.23. The van der Waals surface area contributed by atoms with Crippen LogP contribution in [0.15, 0.2) is 35.3 Å². The molecule has 28 heavy (non-hydrogen) atoms. The molecule has 0 unspecified atom stereocenters. The zero-order chi connectivity index (χ0) is 18.5. The Labute approximate surface area is 184 Å². The van der Waals surface area contributed by atoms with Crippen LogP contribution in [0.4, 0.5) is 0 Å². The number of piperazine rings is 1. The lowest BCUT2D eigenvalue weighted by Crippen LogP contribution is -2.52. The second-order valence-electron chi connectivity index (χ2n) is 7.21. The Morgan fingerprint density at radius 1 is 1.07 bits per heavy atom. The van der Waals surface area contributed by atoms with E-state index < -0.39 is 0 Å². The monoisotopic (exact) mass is 495 g/mol. The van der Waals surface area contributed by atoms with Gasteiger partial charge in [-0.05, 0) is 18.9 Å². The van der Waals surface area contributed by atoms with E-state index in [1.54, 1.807) is 0 Å². The lowest BCUT2D eigenvalue weighted by Gasteiger charge is -2.36. The molecule has 0 amide bonds. The quantitative estimate of drug-likeness (QED) is 0.392. The maximum absolute atomic E-state index is 4.86. The number of fused-ring (bicyclic) bond motifs is 1. The van der Waals surface area contributed by atoms with Crippen LogP contribution < -0.4 is 5.32 Å². The third-order valence-corrected chi connectivity index (χ3v) is 5.31. The van der Waals surface area contributed by atoms with Crippen molar-refractivity contribution < 1.29 is 0 Å². The van der Waals surface area contributed by atoms with Crippen molar-refractivity contribution in [1.29, 1.82) is 0 Å². The average Bonchev–Trinajstić information content (AvgIpc) is 3.31. The van der Waals surface area contributed by atoms with Crippen LogP contribution >= 0.6 is 24.0 Å². The summed E-state index contributed by atoms with van der Waals surface area (Å²) in [5.41, 5.74) is 1.38. The van der Waals surface area contributed by atoms with Crippen molar-refractivity contribution in [2.45, 2.75) is 39.4 Å². The fourth-order valence-corrected chi connectivity index (χ4v) is 3.86. The van der Waals surface area contributed by atoms with Crippen LogP contribution in [0.2, 0.25) is 0 Å². The molecule has 152 valence electrons. The number of hydrogen-bond acceptors (Lipinski definition) is 4. The maximum atomic E-state index is 4.86. The lowest BCUT2D eigenvalue weighted by atomic mass is 10.2. The van der Waals surface area contributed by atoms with Crippen molar-refractivity contribution in [3.63, 3.8) is 0 Å². The predicted molar refractivity (Wildman–Crippen MR) is 122 cm³/mol. The van der Waals surface area contributed by atoms with E-state index in [9.17, 15) is 0 Å². The highest BCUT2D eigenvalue weighted by Gasteiger charge is 2.21. The Kier molecular flexibility index (Phi) is 7.66. The minimum absolute atomic E-state index is 0. The second-order valence-corrected chi connectivity index (χ2v) is 7.21. The first-order valence-electron chi connectivity index (χ1n) is 10.0. The van der Waals surface area contributed by atoms with Gasteiger partial charge in [0, 0.05) is 52.2 Å². The molecule has 8 heteroatoms. The molecular formula is C20H30IN7. The summed E-state index contributed by atoms with van der Waals surface area (Å²) in [7, 11) is 0. The van der Waals surface area contributed by atoms with Crippen molar-refractivity contribution in [1.82, 2.24) is 29.9 Å². The Morgan fingerprint density at radius 2 is 1.86 bits per heavy atom. The van der Waals surface area contributed by atoms with Crippen LogP contribution in [0.1, 0.15) is 30.6 Å². The number of hydrogen-bond donors (Lipinski definition) is 1. The molecule has 3 heterocycles. The van der Waals surface area contributed by atoms with Gasteiger partial charge in [0.05, 0.1) is 0 Å². The van der Waals surface area contributed by atoms with Gasteiger partial charge in [0.2, 0.25) is 0 Å². The van der Waals surface area contributed by atoms with Gasteiger partial charge in [0.25, 0.3) is 0 Å². The average molecular weight is 495 g/mol. The molecule has 0 radical (unpaired) electrons. The molecular weight excluding hydrogens is 465 g/mol. The highest BCUT2D eigenvalue weighted by molar-refractivity contribution is 14.0. The summed E-state index contributed by atoms with van der Waals surface area (Å²) in [5, 5.41) is 12.1. The molecule has 1 saturated heterocycles. The molecule has 0 atom stereocenters. The maximum Gasteiger partial charge on any atom is 0.194 e. The number of rotatable bonds is 5. The van der Waals surface area contributed by atoms with E-state index in [2.05, 4.69) is 67.1 Å². The number of aromatic nitrogens is 3. The third-order valence-electron chi connectivity index (χ3n) is 5.31. The van der Waals surface area contributed by atoms with Crippen LogP contribution in [-0.4, -0.2) is 63.2 Å². The summed E-state index contributed by atoms with van der Waals surface area (Å²) in [6, 6.07) is 10.7. The number of aryl methyl sites for hydroxylation is 1. The van der Waals surface area contributed by atoms with Crippen molar-refractivity contribution in [2.75, 3.05) is 32.7 Å². The van der Waals surface area contributed by atoms with E-state index in [0.29, 0.717) is 6.54 Å². The van der Waals surface area contributed by atoms with E-state index in [4.69, 9.17) is 4.99 Å². The molecule has 2 aliphatic rings. The van der Waals surface area contributed by atoms with Crippen molar-refractivity contribution in [2.24, 2.45) is 4.99 Å². The Bertz CT molecular complexity index is 766. The molecule has 1 aromatic carbocycles. The fraction of sp³-hybridized carbons (Fsp3) is 0.550. The number of nitrogens with zero attached hydrogens (tertiary/aromatic N) is 6. The number of halogens is 1. The van der Waals surface area contributed by atoms with Gasteiger partial charge in [-0.15, -0.1) is 34.2 Å². The van der Waals surface area contributed by atoms with E-state index in [0.717, 1.165) is 69.8 Å². The predicted octanol–water partition coefficient (Wildman–Crippen LogP) is 2.13. The summed E-state index contributed by atoms with van der Waals surface area (Å²) >= 11 is 0. The van der Waals surface area contributed by atoms with Gasteiger partial charge in [-0.3, -0.25) is 4.90 Å². The van der Waals surface area contributed by atoms with E-state index in [1.165, 1.54) is 12.0 Å². The molecule has 1 fully saturated rings. The Morgan fingerprint density at radius 3 is 2.61 bits per heavy atom. The Balaban J connectivity index is 0.00000225. The smallest absolute Gasteiger partial charge is 0.194 e. The molecule has 0 aliphatic carbocycles. The largest absolute Gasteiger partial charge is 0.357 e. The van der Waals surface area contributed by atoms with Crippen LogP contribution in [0.5, 0.6) is 0 Å². The summed E-state index contributed by atoms with van der Waals surface area (Å²) in [4.78, 5) is 9.74. The zero-order valence-corrected chi connectivity index (χ0v) is 18.9. The van der Waals surface area contributed by atoms with E-state index in [-0.39, 0.29) is 24.0 Å². The molecule has 1 aromatic heterocycles. The first-order valence-corrected chi connectivity index (χ1v) is 10.0. The molecule has 0 bridgehead atoms. The summed E-state index contributed by atoms with van der Waals surface area (Å²) in [6.45, 7) is 9.75. The van der Waals surface area contributed by atoms with Crippen LogP contribution in [0.25, 0.3) is 0 Å². The van der Waals surface area contributed by atoms with Gasteiger partial charge in [-0.1, -0.05) is 30.3 Å². The zero-order valence-electron chi connectivity index (χ0n) is 16.5. The molecule has 0 saturated carbocycles. The molecule has 2 aliphatic heterocycles. The highest BCUT2D eigenvalue weighted by Crippen LogP contribution is 2.15. The number of benzene rings is 1. The first-order chi connectivity index (χ1) is 13.3. The van der Waals surface area contributed by atoms with Gasteiger partial charge in [-0.2, -0.15) is 0 Å². The van der Waals surface area contributed by atoms with Gasteiger partial charge < -0.3 is 14.8 Å². The standard InChI is InChI=1S/C20H29N7.HI/c1-2-21-20(22-15-19-24-23-18-9-6-10-27(18)19)26-13-11-25(12-14-26)16-17-7-4-3-5-8-17;/h3-5,7-8H,2,6,9-16H2,1H3,(H,21,22);1H. The van der Waals surface area contributed by atoms with Crippen LogP contribution in [-0.2, 0) is 26.1 Å². The number of nitrogens with one attached hydrogen (secondary N) is 1. The normalized spacial score (nSPS) is 17.3. The molecule has 1 N–H and O–H groups in total. The van der Waals surface area contributed by atoms with Gasteiger partial charge in [-0.25, -0.2) is 4.99 Å². The molecule has 7 nitrogen and oxygen atoms in total. The van der Waals surface area contributed by atoms with Gasteiger partial charge in [0.15, 0.2) is 11.8 Å². The SMILES string of the molecule is CCNC(=NCc1nnc2n1CCC2)N1CCN(Cc2ccccc2)CC1.I. The summed E-state index contributed by atoms with van der Waals surface area (Å²) in [5.74, 6) is 3.09. The van der Waals surface area contributed by atoms with E-state index >= 15 is 0 Å². The minimum atomic E-state index is 0. The number of guanidine groups is 1. The fourth-order valence-electron chi connectivity index (χ4n) is 3.86. The molecule has 2 aromatic rings. The lowest BCUT2D eigenvalue weighted by molar-refractivity contribution is 0.172. The van der Waals surface area contributed by atoms with Crippen LogP contribution in [0, 0.1) is 0 Å². The molecule has 0 spiro atoms. The first kappa shape index (κ1) is 21.0. The van der Waals surface area contributed by atoms with Gasteiger partial charge >= 0.3 is 0 Å². The van der Waals surface area contributed by atoms with Gasteiger partial charge in [0.1, 0.15) is 12.4 Å². The second kappa shape index (κ2) is 10.2. The van der Waals surface area contributed by atoms with E-state index in [1.807, 2.05) is 0 Å². The minimum Gasteiger partial charge on any atom is -0.357 e. The Hall–Kier alpha value is -1.68. The summed E-state index contributed by atoms with van der Waals surface area (Å²) in [6.07, 6.45) is 2.21. The van der Waals surface area contributed by atoms with Crippen molar-refractivity contribution in [3.8, 4) is 0 Å². The van der Waals surface area contributed by atoms with Crippen LogP contribution in [0.3, 0.4) is 0 Å². The van der Waals surface area contributed by atoms with Crippen molar-refractivity contribution >= 4 is 29.9 Å². The third kappa shape index (κ3) is 5.02. The molecule has 4 rings (SSSR count).